The summed E-state index contributed by atoms with van der Waals surface area (Å²) in [5.74, 6) is -0.558. The van der Waals surface area contributed by atoms with Crippen molar-refractivity contribution in [3.63, 3.8) is 0 Å². The minimum Gasteiger partial charge on any atom is -0.508 e. The Bertz CT molecular complexity index is 1300. The maximum absolute atomic E-state index is 13.8. The Morgan fingerprint density at radius 1 is 1.22 bits per heavy atom. The molecule has 0 spiro atoms. The molecule has 5 rings (SSSR count). The van der Waals surface area contributed by atoms with Crippen molar-refractivity contribution in [3.05, 3.63) is 87.5 Å². The van der Waals surface area contributed by atoms with E-state index in [2.05, 4.69) is 10.3 Å². The highest BCUT2D eigenvalue weighted by molar-refractivity contribution is 7.07. The molecule has 0 saturated heterocycles. The highest BCUT2D eigenvalue weighted by atomic mass is 32.1. The van der Waals surface area contributed by atoms with E-state index in [9.17, 15) is 14.7 Å². The number of Topliss-reactive ketones (excluding diaryl/α,β-unsaturated/α-hetero) is 1. The van der Waals surface area contributed by atoms with Crippen LogP contribution in [0.15, 0.2) is 70.7 Å². The van der Waals surface area contributed by atoms with Crippen molar-refractivity contribution in [3.8, 4) is 11.5 Å². The molecule has 3 aromatic rings. The van der Waals surface area contributed by atoms with Crippen LogP contribution in [0.3, 0.4) is 0 Å². The Hall–Kier alpha value is -3.65. The maximum atomic E-state index is 13.8. The van der Waals surface area contributed by atoms with E-state index in [1.165, 1.54) is 11.3 Å². The maximum Gasteiger partial charge on any atom is 0.336 e. The summed E-state index contributed by atoms with van der Waals surface area (Å²) in [4.78, 5) is 31.3. The van der Waals surface area contributed by atoms with Gasteiger partial charge in [-0.2, -0.15) is 0 Å². The third kappa shape index (κ3) is 4.60. The van der Waals surface area contributed by atoms with E-state index in [-0.39, 0.29) is 30.1 Å². The lowest BCUT2D eigenvalue weighted by Crippen LogP contribution is -2.52. The molecule has 8 heteroatoms. The number of phenolic OH excluding ortho intramolecular Hbond substituents is 1. The molecule has 186 valence electrons. The predicted octanol–water partition coefficient (Wildman–Crippen LogP) is 4.69. The van der Waals surface area contributed by atoms with Crippen molar-refractivity contribution >= 4 is 23.1 Å². The number of hydrogen-bond acceptors (Lipinski definition) is 8. The molecule has 1 saturated carbocycles. The average molecular weight is 505 g/mol. The number of ether oxygens (including phenoxy) is 2. The van der Waals surface area contributed by atoms with Crippen LogP contribution in [0, 0.1) is 5.92 Å². The summed E-state index contributed by atoms with van der Waals surface area (Å²) in [5, 5.41) is 15.5. The van der Waals surface area contributed by atoms with Gasteiger partial charge in [0.1, 0.15) is 23.9 Å². The number of thiazole rings is 1. The normalized spacial score (nSPS) is 23.6. The molecule has 0 amide bonds. The number of aromatic hydroxyl groups is 1. The van der Waals surface area contributed by atoms with Crippen LogP contribution in [-0.4, -0.2) is 35.0 Å². The minimum absolute atomic E-state index is 0.00167. The molecule has 1 aliphatic carbocycles. The smallest absolute Gasteiger partial charge is 0.336 e. The van der Waals surface area contributed by atoms with Crippen molar-refractivity contribution in [1.29, 1.82) is 0 Å². The Labute approximate surface area is 213 Å². The first-order valence-electron chi connectivity index (χ1n) is 11.9. The Morgan fingerprint density at radius 3 is 2.81 bits per heavy atom. The van der Waals surface area contributed by atoms with Crippen LogP contribution in [0.1, 0.15) is 48.4 Å². The number of phenols is 1. The van der Waals surface area contributed by atoms with E-state index < -0.39 is 17.8 Å². The monoisotopic (exact) mass is 504 g/mol. The first-order chi connectivity index (χ1) is 17.5. The highest BCUT2D eigenvalue weighted by Gasteiger charge is 2.48. The number of nitrogens with zero attached hydrogens (tertiary/aromatic N) is 1. The second kappa shape index (κ2) is 10.1. The van der Waals surface area contributed by atoms with Gasteiger partial charge in [0.15, 0.2) is 0 Å². The molecule has 2 N–H and O–H groups in total. The molecular weight excluding hydrogens is 476 g/mol. The summed E-state index contributed by atoms with van der Waals surface area (Å²) in [7, 11) is 1.64. The van der Waals surface area contributed by atoms with Crippen LogP contribution in [0.25, 0.3) is 0 Å². The van der Waals surface area contributed by atoms with Gasteiger partial charge >= 0.3 is 5.97 Å². The van der Waals surface area contributed by atoms with Gasteiger partial charge in [0.25, 0.3) is 0 Å². The van der Waals surface area contributed by atoms with E-state index >= 15 is 0 Å². The third-order valence-corrected chi connectivity index (χ3v) is 7.77. The van der Waals surface area contributed by atoms with E-state index in [4.69, 9.17) is 9.47 Å². The number of rotatable bonds is 6. The second-order valence-corrected chi connectivity index (χ2v) is 10.0. The quantitative estimate of drug-likeness (QED) is 0.470. The van der Waals surface area contributed by atoms with Gasteiger partial charge < -0.3 is 19.9 Å². The SMILES string of the molecule is COc1ccccc1[C@H]1CC(=O)C2C(C1)NC(C)=C(C(=O)OCc1cscn1)[C@H]2c1cccc(O)c1. The lowest BCUT2D eigenvalue weighted by Gasteiger charge is -2.45. The number of carbonyl (C=O) groups excluding carboxylic acids is 2. The fourth-order valence-corrected chi connectivity index (χ4v) is 6.16. The van der Waals surface area contributed by atoms with Crippen molar-refractivity contribution in [2.45, 2.75) is 44.2 Å². The van der Waals surface area contributed by atoms with Gasteiger partial charge in [-0.05, 0) is 48.6 Å². The molecule has 0 bridgehead atoms. The molecule has 2 aliphatic rings. The number of methoxy groups -OCH3 is 1. The van der Waals surface area contributed by atoms with E-state index in [0.717, 1.165) is 16.9 Å². The summed E-state index contributed by atoms with van der Waals surface area (Å²) >= 11 is 1.43. The summed E-state index contributed by atoms with van der Waals surface area (Å²) in [6.45, 7) is 1.91. The van der Waals surface area contributed by atoms with Crippen LogP contribution in [-0.2, 0) is 20.9 Å². The van der Waals surface area contributed by atoms with Gasteiger partial charge in [0, 0.05) is 35.4 Å². The Kier molecular flexibility index (Phi) is 6.78. The number of fused-ring (bicyclic) bond motifs is 1. The molecule has 2 heterocycles. The number of para-hydroxylation sites is 1. The van der Waals surface area contributed by atoms with Gasteiger partial charge in [0.05, 0.1) is 23.9 Å². The fourth-order valence-electron chi connectivity index (χ4n) is 5.61. The number of benzene rings is 2. The van der Waals surface area contributed by atoms with Crippen LogP contribution >= 0.6 is 11.3 Å². The predicted molar refractivity (Wildman–Crippen MR) is 136 cm³/mol. The second-order valence-electron chi connectivity index (χ2n) is 9.29. The lowest BCUT2D eigenvalue weighted by molar-refractivity contribution is -0.141. The van der Waals surface area contributed by atoms with E-state index in [1.54, 1.807) is 30.8 Å². The lowest BCUT2D eigenvalue weighted by atomic mass is 9.64. The van der Waals surface area contributed by atoms with Crippen LogP contribution in [0.5, 0.6) is 11.5 Å². The van der Waals surface area contributed by atoms with Crippen LogP contribution in [0.4, 0.5) is 0 Å². The van der Waals surface area contributed by atoms with Crippen molar-refractivity contribution in [2.75, 3.05) is 7.11 Å². The number of aromatic nitrogens is 1. The molecular formula is C28H28N2O5S. The summed E-state index contributed by atoms with van der Waals surface area (Å²) in [6.07, 6.45) is 1.06. The molecule has 4 atom stereocenters. The number of hydrogen-bond donors (Lipinski definition) is 2. The van der Waals surface area contributed by atoms with Gasteiger partial charge in [-0.25, -0.2) is 9.78 Å². The van der Waals surface area contributed by atoms with Gasteiger partial charge in [-0.1, -0.05) is 30.3 Å². The molecule has 0 radical (unpaired) electrons. The largest absolute Gasteiger partial charge is 0.508 e. The number of carbonyl (C=O) groups is 2. The fraction of sp³-hybridized carbons (Fsp3) is 0.321. The van der Waals surface area contributed by atoms with Crippen LogP contribution < -0.4 is 10.1 Å². The molecule has 2 aromatic carbocycles. The molecule has 1 aliphatic heterocycles. The number of esters is 1. The van der Waals surface area contributed by atoms with Gasteiger partial charge in [-0.15, -0.1) is 11.3 Å². The number of nitrogens with one attached hydrogen (secondary N) is 1. The topological polar surface area (TPSA) is 97.8 Å². The Morgan fingerprint density at radius 2 is 2.06 bits per heavy atom. The third-order valence-electron chi connectivity index (χ3n) is 7.13. The standard InChI is InChI=1S/C28H28N2O5S/c1-16-25(28(33)35-13-19-14-36-15-29-19)26(17-6-5-7-20(31)10-17)27-22(30-16)11-18(12-23(27)32)21-8-3-4-9-24(21)34-2/h3-10,14-15,18,22,26-27,30-31H,11-13H2,1-2H3/t18-,22?,26-,27?/m1/s1. The van der Waals surface area contributed by atoms with Crippen molar-refractivity contribution in [2.24, 2.45) is 5.92 Å². The summed E-state index contributed by atoms with van der Waals surface area (Å²) in [5.41, 5.74) is 5.20. The average Bonchev–Trinajstić information content (AvgIpc) is 3.40. The van der Waals surface area contributed by atoms with E-state index in [0.29, 0.717) is 29.8 Å². The Balaban J connectivity index is 1.51. The van der Waals surface area contributed by atoms with Crippen LogP contribution in [0.2, 0.25) is 0 Å². The molecule has 2 unspecified atom stereocenters. The van der Waals surface area contributed by atoms with Gasteiger partial charge in [0.2, 0.25) is 0 Å². The minimum atomic E-state index is -0.530. The molecule has 1 fully saturated rings. The number of ketones is 1. The van der Waals surface area contributed by atoms with Gasteiger partial charge in [-0.3, -0.25) is 4.79 Å². The van der Waals surface area contributed by atoms with Crippen molar-refractivity contribution in [1.82, 2.24) is 10.3 Å². The zero-order chi connectivity index (χ0) is 25.2. The zero-order valence-corrected chi connectivity index (χ0v) is 21.0. The summed E-state index contributed by atoms with van der Waals surface area (Å²) < 4.78 is 11.2. The zero-order valence-electron chi connectivity index (χ0n) is 20.1. The van der Waals surface area contributed by atoms with E-state index in [1.807, 2.05) is 42.6 Å². The summed E-state index contributed by atoms with van der Waals surface area (Å²) in [6, 6.07) is 14.4. The molecule has 1 aromatic heterocycles. The molecule has 36 heavy (non-hydrogen) atoms. The number of allylic oxidation sites excluding steroid dienone is 1. The van der Waals surface area contributed by atoms with Crippen molar-refractivity contribution < 1.29 is 24.2 Å². The molecule has 7 nitrogen and oxygen atoms in total. The highest BCUT2D eigenvalue weighted by Crippen LogP contribution is 2.48. The first kappa shape index (κ1) is 24.1. The first-order valence-corrected chi connectivity index (χ1v) is 12.9.